The van der Waals surface area contributed by atoms with E-state index in [1.807, 2.05) is 0 Å². The zero-order chi connectivity index (χ0) is 14.8. The molecular weight excluding hydrogens is 298 g/mol. The number of nitrogens with one attached hydrogen (secondary N) is 1. The summed E-state index contributed by atoms with van der Waals surface area (Å²) in [6.07, 6.45) is 0.555. The van der Waals surface area contributed by atoms with Gasteiger partial charge in [-0.1, -0.05) is 24.4 Å². The van der Waals surface area contributed by atoms with Crippen LogP contribution in [0.4, 0.5) is 5.69 Å². The average Bonchev–Trinajstić information content (AvgIpc) is 2.69. The highest BCUT2D eigenvalue weighted by Crippen LogP contribution is 2.16. The second-order valence-electron chi connectivity index (χ2n) is 4.46. The molecule has 1 amide bonds. The number of amides is 1. The van der Waals surface area contributed by atoms with E-state index in [9.17, 15) is 13.2 Å². The standard InChI is InChI=1S/C12H15N3O3S2/c13-12(19)9-4-1-2-5-10(9)14-11(16)8-15-6-3-7-20(15,17)18/h1-2,4-5H,3,6-8H2,(H2,13,19)(H,14,16). The van der Waals surface area contributed by atoms with E-state index in [1.54, 1.807) is 24.3 Å². The molecule has 0 saturated carbocycles. The summed E-state index contributed by atoms with van der Waals surface area (Å²) in [4.78, 5) is 12.1. The van der Waals surface area contributed by atoms with Crippen LogP contribution in [0.1, 0.15) is 12.0 Å². The molecule has 0 unspecified atom stereocenters. The van der Waals surface area contributed by atoms with Gasteiger partial charge in [-0.15, -0.1) is 0 Å². The number of anilines is 1. The molecule has 108 valence electrons. The highest BCUT2D eigenvalue weighted by atomic mass is 32.2. The van der Waals surface area contributed by atoms with Crippen LogP contribution in [-0.4, -0.2) is 42.5 Å². The molecule has 3 N–H and O–H groups in total. The maximum Gasteiger partial charge on any atom is 0.239 e. The second kappa shape index (κ2) is 5.86. The number of benzene rings is 1. The van der Waals surface area contributed by atoms with Crippen LogP contribution in [0.5, 0.6) is 0 Å². The summed E-state index contributed by atoms with van der Waals surface area (Å²) < 4.78 is 24.4. The molecule has 0 aliphatic carbocycles. The maximum absolute atomic E-state index is 11.9. The molecule has 20 heavy (non-hydrogen) atoms. The van der Waals surface area contributed by atoms with Gasteiger partial charge in [-0.2, -0.15) is 4.31 Å². The molecule has 0 aromatic heterocycles. The number of sulfonamides is 1. The number of thiocarbonyl (C=S) groups is 1. The number of hydrogen-bond acceptors (Lipinski definition) is 4. The van der Waals surface area contributed by atoms with Crippen molar-refractivity contribution in [3.05, 3.63) is 29.8 Å². The van der Waals surface area contributed by atoms with Crippen molar-refractivity contribution in [2.45, 2.75) is 6.42 Å². The Hall–Kier alpha value is -1.51. The molecule has 6 nitrogen and oxygen atoms in total. The highest BCUT2D eigenvalue weighted by molar-refractivity contribution is 7.89. The zero-order valence-electron chi connectivity index (χ0n) is 10.7. The van der Waals surface area contributed by atoms with Gasteiger partial charge in [0.1, 0.15) is 4.99 Å². The molecule has 0 spiro atoms. The summed E-state index contributed by atoms with van der Waals surface area (Å²) in [5.41, 5.74) is 6.61. The van der Waals surface area contributed by atoms with Crippen molar-refractivity contribution in [2.75, 3.05) is 24.2 Å². The van der Waals surface area contributed by atoms with Gasteiger partial charge in [0.15, 0.2) is 0 Å². The molecule has 1 heterocycles. The summed E-state index contributed by atoms with van der Waals surface area (Å²) >= 11 is 4.90. The minimum atomic E-state index is -3.28. The van der Waals surface area contributed by atoms with Crippen molar-refractivity contribution < 1.29 is 13.2 Å². The molecule has 0 bridgehead atoms. The van der Waals surface area contributed by atoms with Crippen LogP contribution in [-0.2, 0) is 14.8 Å². The van der Waals surface area contributed by atoms with Gasteiger partial charge in [0, 0.05) is 12.1 Å². The van der Waals surface area contributed by atoms with E-state index in [0.29, 0.717) is 24.2 Å². The topological polar surface area (TPSA) is 92.5 Å². The second-order valence-corrected chi connectivity index (χ2v) is 6.99. The van der Waals surface area contributed by atoms with Crippen LogP contribution in [0.25, 0.3) is 0 Å². The van der Waals surface area contributed by atoms with E-state index < -0.39 is 15.9 Å². The van der Waals surface area contributed by atoms with Crippen molar-refractivity contribution in [2.24, 2.45) is 5.73 Å². The Morgan fingerprint density at radius 3 is 2.70 bits per heavy atom. The molecule has 1 saturated heterocycles. The van der Waals surface area contributed by atoms with Crippen LogP contribution >= 0.6 is 12.2 Å². The van der Waals surface area contributed by atoms with Crippen molar-refractivity contribution in [1.82, 2.24) is 4.31 Å². The van der Waals surface area contributed by atoms with Crippen LogP contribution in [0.3, 0.4) is 0 Å². The highest BCUT2D eigenvalue weighted by Gasteiger charge is 2.29. The molecule has 0 atom stereocenters. The predicted octanol–water partition coefficient (Wildman–Crippen LogP) is 0.295. The van der Waals surface area contributed by atoms with E-state index in [-0.39, 0.29) is 17.3 Å². The summed E-state index contributed by atoms with van der Waals surface area (Å²) in [7, 11) is -3.28. The van der Waals surface area contributed by atoms with E-state index in [0.717, 1.165) is 0 Å². The first-order chi connectivity index (χ1) is 9.40. The normalized spacial score (nSPS) is 17.8. The van der Waals surface area contributed by atoms with E-state index in [4.69, 9.17) is 18.0 Å². The fourth-order valence-corrected chi connectivity index (χ4v) is 3.68. The van der Waals surface area contributed by atoms with Crippen LogP contribution < -0.4 is 11.1 Å². The lowest BCUT2D eigenvalue weighted by Crippen LogP contribution is -2.34. The summed E-state index contributed by atoms with van der Waals surface area (Å²) in [5, 5.41) is 2.64. The Morgan fingerprint density at radius 2 is 2.10 bits per heavy atom. The van der Waals surface area contributed by atoms with Gasteiger partial charge in [-0.05, 0) is 18.6 Å². The van der Waals surface area contributed by atoms with Gasteiger partial charge < -0.3 is 11.1 Å². The van der Waals surface area contributed by atoms with Crippen molar-refractivity contribution >= 4 is 38.8 Å². The van der Waals surface area contributed by atoms with Crippen molar-refractivity contribution in [1.29, 1.82) is 0 Å². The van der Waals surface area contributed by atoms with Crippen LogP contribution in [0.15, 0.2) is 24.3 Å². The van der Waals surface area contributed by atoms with Crippen LogP contribution in [0, 0.1) is 0 Å². The first kappa shape index (κ1) is 14.9. The Balaban J connectivity index is 2.07. The molecule has 2 rings (SSSR count). The number of nitrogens with two attached hydrogens (primary N) is 1. The molecule has 1 aromatic rings. The molecule has 1 aromatic carbocycles. The fourth-order valence-electron chi connectivity index (χ4n) is 2.03. The first-order valence-electron chi connectivity index (χ1n) is 6.06. The Kier molecular flexibility index (Phi) is 4.36. The van der Waals surface area contributed by atoms with E-state index >= 15 is 0 Å². The average molecular weight is 313 g/mol. The van der Waals surface area contributed by atoms with Gasteiger partial charge in [0.05, 0.1) is 18.0 Å². The molecule has 1 aliphatic rings. The Labute approximate surface area is 123 Å². The number of carbonyl (C=O) groups excluding carboxylic acids is 1. The van der Waals surface area contributed by atoms with Gasteiger partial charge in [-0.25, -0.2) is 8.42 Å². The third-order valence-electron chi connectivity index (χ3n) is 2.99. The Morgan fingerprint density at radius 1 is 1.40 bits per heavy atom. The maximum atomic E-state index is 11.9. The monoisotopic (exact) mass is 313 g/mol. The van der Waals surface area contributed by atoms with Gasteiger partial charge in [0.2, 0.25) is 15.9 Å². The number of rotatable bonds is 4. The third kappa shape index (κ3) is 3.33. The first-order valence-corrected chi connectivity index (χ1v) is 8.08. The molecule has 1 fully saturated rings. The minimum absolute atomic E-state index is 0.101. The van der Waals surface area contributed by atoms with Gasteiger partial charge in [0.25, 0.3) is 0 Å². The summed E-state index contributed by atoms with van der Waals surface area (Å²) in [5.74, 6) is -0.303. The van der Waals surface area contributed by atoms with Gasteiger partial charge >= 0.3 is 0 Å². The number of hydrogen-bond donors (Lipinski definition) is 2. The fraction of sp³-hybridized carbons (Fsp3) is 0.333. The number of carbonyl (C=O) groups is 1. The number of para-hydroxylation sites is 1. The van der Waals surface area contributed by atoms with E-state index in [1.165, 1.54) is 4.31 Å². The quantitative estimate of drug-likeness (QED) is 0.780. The van der Waals surface area contributed by atoms with E-state index in [2.05, 4.69) is 5.32 Å². The SMILES string of the molecule is NC(=S)c1ccccc1NC(=O)CN1CCCS1(=O)=O. The molecular formula is C12H15N3O3S2. The summed E-state index contributed by atoms with van der Waals surface area (Å²) in [6.45, 7) is 0.195. The number of nitrogens with zero attached hydrogens (tertiary/aromatic N) is 1. The third-order valence-corrected chi connectivity index (χ3v) is 5.11. The smallest absolute Gasteiger partial charge is 0.239 e. The molecule has 8 heteroatoms. The minimum Gasteiger partial charge on any atom is -0.389 e. The zero-order valence-corrected chi connectivity index (χ0v) is 12.3. The van der Waals surface area contributed by atoms with Crippen molar-refractivity contribution in [3.63, 3.8) is 0 Å². The molecule has 0 radical (unpaired) electrons. The van der Waals surface area contributed by atoms with Gasteiger partial charge in [-0.3, -0.25) is 4.79 Å². The lowest BCUT2D eigenvalue weighted by molar-refractivity contribution is -0.116. The predicted molar refractivity (Wildman–Crippen MR) is 80.9 cm³/mol. The largest absolute Gasteiger partial charge is 0.389 e. The van der Waals surface area contributed by atoms with Crippen molar-refractivity contribution in [3.8, 4) is 0 Å². The van der Waals surface area contributed by atoms with Crippen LogP contribution in [0.2, 0.25) is 0 Å². The lowest BCUT2D eigenvalue weighted by Gasteiger charge is -2.15. The summed E-state index contributed by atoms with van der Waals surface area (Å²) in [6, 6.07) is 6.87. The lowest BCUT2D eigenvalue weighted by atomic mass is 10.2. The molecule has 1 aliphatic heterocycles. The Bertz CT molecular complexity index is 643.